The average Bonchev–Trinajstić information content (AvgIpc) is 2.74. The molecule has 30 heavy (non-hydrogen) atoms. The second kappa shape index (κ2) is 21.8. The van der Waals surface area contributed by atoms with E-state index >= 15 is 0 Å². The Morgan fingerprint density at radius 3 is 1.33 bits per heavy atom. The van der Waals surface area contributed by atoms with E-state index in [0.717, 1.165) is 25.7 Å². The summed E-state index contributed by atoms with van der Waals surface area (Å²) in [6.07, 6.45) is 13.8. The summed E-state index contributed by atoms with van der Waals surface area (Å²) in [5.41, 5.74) is 11.7. The third kappa shape index (κ3) is 18.3. The van der Waals surface area contributed by atoms with Crippen molar-refractivity contribution in [2.45, 2.75) is 103 Å². The number of esters is 2. The molecule has 0 saturated heterocycles. The molecule has 8 heteroatoms. The molecule has 0 fully saturated rings. The highest BCUT2D eigenvalue weighted by atomic mass is 33.1. The standard InChI is InChI=1S/C22H44N2O4S2/c1-3-5-7-9-11-13-15-27-21(25)19(23)17-29-30-18-20(24)22(26)28-16-14-12-10-8-6-4-2/h19-20H,3-18,23-24H2,1-2H3. The van der Waals surface area contributed by atoms with Crippen molar-refractivity contribution in [1.29, 1.82) is 0 Å². The summed E-state index contributed by atoms with van der Waals surface area (Å²) in [4.78, 5) is 23.8. The van der Waals surface area contributed by atoms with Gasteiger partial charge in [0.25, 0.3) is 0 Å². The van der Waals surface area contributed by atoms with E-state index < -0.39 is 12.1 Å². The lowest BCUT2D eigenvalue weighted by atomic mass is 10.1. The zero-order valence-electron chi connectivity index (χ0n) is 19.1. The summed E-state index contributed by atoms with van der Waals surface area (Å²) in [5, 5.41) is 0. The van der Waals surface area contributed by atoms with Gasteiger partial charge in [-0.15, -0.1) is 0 Å². The highest BCUT2D eigenvalue weighted by Gasteiger charge is 2.18. The summed E-state index contributed by atoms with van der Waals surface area (Å²) in [5.74, 6) is 0.137. The minimum atomic E-state index is -0.654. The second-order valence-corrected chi connectivity index (χ2v) is 10.2. The van der Waals surface area contributed by atoms with Gasteiger partial charge in [0.15, 0.2) is 0 Å². The van der Waals surface area contributed by atoms with Gasteiger partial charge in [-0.2, -0.15) is 0 Å². The number of carbonyl (C=O) groups excluding carboxylic acids is 2. The molecule has 4 N–H and O–H groups in total. The zero-order valence-corrected chi connectivity index (χ0v) is 20.7. The number of ether oxygens (including phenoxy) is 2. The Labute approximate surface area is 191 Å². The van der Waals surface area contributed by atoms with Crippen LogP contribution >= 0.6 is 21.6 Å². The predicted octanol–water partition coefficient (Wildman–Crippen LogP) is 4.83. The van der Waals surface area contributed by atoms with E-state index in [1.54, 1.807) is 0 Å². The number of nitrogens with two attached hydrogens (primary N) is 2. The quantitative estimate of drug-likeness (QED) is 0.141. The molecule has 0 amide bonds. The van der Waals surface area contributed by atoms with Gasteiger partial charge in [-0.25, -0.2) is 0 Å². The molecule has 178 valence electrons. The van der Waals surface area contributed by atoms with Gasteiger partial charge in [-0.3, -0.25) is 9.59 Å². The molecule has 2 atom stereocenters. The number of carbonyl (C=O) groups is 2. The smallest absolute Gasteiger partial charge is 0.323 e. The minimum absolute atomic E-state index is 0.362. The molecule has 0 saturated carbocycles. The normalized spacial score (nSPS) is 13.1. The molecular weight excluding hydrogens is 420 g/mol. The first-order chi connectivity index (χ1) is 14.5. The number of hydrogen-bond acceptors (Lipinski definition) is 8. The third-order valence-electron chi connectivity index (χ3n) is 4.67. The summed E-state index contributed by atoms with van der Waals surface area (Å²) in [7, 11) is 2.86. The van der Waals surface area contributed by atoms with Gasteiger partial charge in [0.1, 0.15) is 12.1 Å². The maximum atomic E-state index is 11.9. The van der Waals surface area contributed by atoms with Crippen LogP contribution in [-0.2, 0) is 19.1 Å². The Hall–Kier alpha value is -0.440. The lowest BCUT2D eigenvalue weighted by Gasteiger charge is -2.13. The Morgan fingerprint density at radius 1 is 0.633 bits per heavy atom. The fraction of sp³-hybridized carbons (Fsp3) is 0.909. The van der Waals surface area contributed by atoms with Gasteiger partial charge >= 0.3 is 11.9 Å². The molecule has 0 rings (SSSR count). The van der Waals surface area contributed by atoms with Crippen LogP contribution < -0.4 is 11.5 Å². The van der Waals surface area contributed by atoms with Crippen LogP contribution in [0.15, 0.2) is 0 Å². The summed E-state index contributed by atoms with van der Waals surface area (Å²) < 4.78 is 10.5. The highest BCUT2D eigenvalue weighted by molar-refractivity contribution is 8.76. The van der Waals surface area contributed by atoms with Crippen LogP contribution in [0.2, 0.25) is 0 Å². The van der Waals surface area contributed by atoms with E-state index in [9.17, 15) is 9.59 Å². The van der Waals surface area contributed by atoms with Crippen molar-refractivity contribution in [3.63, 3.8) is 0 Å². The van der Waals surface area contributed by atoms with Crippen molar-refractivity contribution in [2.75, 3.05) is 24.7 Å². The van der Waals surface area contributed by atoms with E-state index in [2.05, 4.69) is 13.8 Å². The van der Waals surface area contributed by atoms with Crippen molar-refractivity contribution in [2.24, 2.45) is 11.5 Å². The Morgan fingerprint density at radius 2 is 0.967 bits per heavy atom. The van der Waals surface area contributed by atoms with Crippen LogP contribution in [0.25, 0.3) is 0 Å². The van der Waals surface area contributed by atoms with Gasteiger partial charge in [-0.05, 0) is 12.8 Å². The first kappa shape index (κ1) is 29.6. The van der Waals surface area contributed by atoms with Gasteiger partial charge in [0.05, 0.1) is 13.2 Å². The molecule has 0 heterocycles. The van der Waals surface area contributed by atoms with E-state index in [1.165, 1.54) is 73.0 Å². The number of rotatable bonds is 21. The fourth-order valence-corrected chi connectivity index (χ4v) is 4.92. The minimum Gasteiger partial charge on any atom is -0.465 e. The van der Waals surface area contributed by atoms with Crippen LogP contribution in [0, 0.1) is 0 Å². The average molecular weight is 465 g/mol. The van der Waals surface area contributed by atoms with Gasteiger partial charge in [0, 0.05) is 11.5 Å². The summed E-state index contributed by atoms with van der Waals surface area (Å²) in [6.45, 7) is 5.25. The molecule has 2 unspecified atom stereocenters. The lowest BCUT2D eigenvalue weighted by Crippen LogP contribution is -2.35. The van der Waals surface area contributed by atoms with Crippen molar-refractivity contribution in [3.8, 4) is 0 Å². The van der Waals surface area contributed by atoms with Gasteiger partial charge in [-0.1, -0.05) is 99.6 Å². The third-order valence-corrected chi connectivity index (χ3v) is 7.14. The largest absolute Gasteiger partial charge is 0.465 e. The first-order valence-corrected chi connectivity index (χ1v) is 14.1. The lowest BCUT2D eigenvalue weighted by molar-refractivity contribution is -0.145. The molecule has 0 spiro atoms. The number of unbranched alkanes of at least 4 members (excludes halogenated alkanes) is 10. The highest BCUT2D eigenvalue weighted by Crippen LogP contribution is 2.22. The maximum absolute atomic E-state index is 11.9. The van der Waals surface area contributed by atoms with Crippen molar-refractivity contribution in [3.05, 3.63) is 0 Å². The molecule has 0 aliphatic rings. The van der Waals surface area contributed by atoms with Crippen molar-refractivity contribution in [1.82, 2.24) is 0 Å². The molecular formula is C22H44N2O4S2. The van der Waals surface area contributed by atoms with Crippen LogP contribution in [0.1, 0.15) is 90.9 Å². The van der Waals surface area contributed by atoms with Crippen LogP contribution in [0.3, 0.4) is 0 Å². The second-order valence-electron chi connectivity index (χ2n) is 7.65. The SMILES string of the molecule is CCCCCCCCOC(=O)C(N)CSSCC(N)C(=O)OCCCCCCCC. The molecule has 0 aliphatic carbocycles. The molecule has 0 aliphatic heterocycles. The Bertz CT molecular complexity index is 390. The van der Waals surface area contributed by atoms with E-state index in [1.807, 2.05) is 0 Å². The zero-order chi connectivity index (χ0) is 22.5. The molecule has 0 radical (unpaired) electrons. The van der Waals surface area contributed by atoms with Crippen LogP contribution in [0.4, 0.5) is 0 Å². The molecule has 0 bridgehead atoms. The molecule has 6 nitrogen and oxygen atoms in total. The number of hydrogen-bond donors (Lipinski definition) is 2. The van der Waals surface area contributed by atoms with E-state index in [0.29, 0.717) is 24.7 Å². The summed E-state index contributed by atoms with van der Waals surface area (Å²) >= 11 is 0. The summed E-state index contributed by atoms with van der Waals surface area (Å²) in [6, 6.07) is -1.31. The van der Waals surface area contributed by atoms with Crippen LogP contribution in [-0.4, -0.2) is 48.7 Å². The van der Waals surface area contributed by atoms with E-state index in [4.69, 9.17) is 20.9 Å². The first-order valence-electron chi connectivity index (χ1n) is 11.6. The van der Waals surface area contributed by atoms with Gasteiger partial charge < -0.3 is 20.9 Å². The molecule has 0 aromatic heterocycles. The fourth-order valence-electron chi connectivity index (χ4n) is 2.70. The molecule has 0 aromatic carbocycles. The monoisotopic (exact) mass is 464 g/mol. The van der Waals surface area contributed by atoms with Crippen molar-refractivity contribution < 1.29 is 19.1 Å². The Balaban J connectivity index is 3.62. The van der Waals surface area contributed by atoms with Crippen molar-refractivity contribution >= 4 is 33.5 Å². The maximum Gasteiger partial charge on any atom is 0.323 e. The Kier molecular flexibility index (Phi) is 21.5. The topological polar surface area (TPSA) is 105 Å². The predicted molar refractivity (Wildman–Crippen MR) is 130 cm³/mol. The van der Waals surface area contributed by atoms with Gasteiger partial charge in [0.2, 0.25) is 0 Å². The molecule has 0 aromatic rings. The van der Waals surface area contributed by atoms with Crippen LogP contribution in [0.5, 0.6) is 0 Å². The van der Waals surface area contributed by atoms with E-state index in [-0.39, 0.29) is 11.9 Å².